The van der Waals surface area contributed by atoms with Crippen molar-refractivity contribution in [1.29, 1.82) is 0 Å². The molecule has 1 aromatic carbocycles. The van der Waals surface area contributed by atoms with E-state index in [-0.39, 0.29) is 0 Å². The molecular weight excluding hydrogens is 205 g/mol. The highest BCUT2D eigenvalue weighted by molar-refractivity contribution is 6.08. The summed E-state index contributed by atoms with van der Waals surface area (Å²) >= 11 is 0. The molecule has 0 N–H and O–H groups in total. The van der Waals surface area contributed by atoms with E-state index >= 15 is 0 Å². The van der Waals surface area contributed by atoms with Crippen LogP contribution in [0.25, 0.3) is 0 Å². The quantitative estimate of drug-likeness (QED) is 0.699. The van der Waals surface area contributed by atoms with Crippen molar-refractivity contribution in [1.82, 2.24) is 4.90 Å². The zero-order valence-corrected chi connectivity index (χ0v) is 11.5. The maximum Gasteiger partial charge on any atom is 0.101 e. The van der Waals surface area contributed by atoms with E-state index in [0.717, 1.165) is 5.92 Å². The summed E-state index contributed by atoms with van der Waals surface area (Å²) in [6, 6.07) is 7.06. The Bertz CT molecular complexity index is 369. The van der Waals surface area contributed by atoms with Crippen LogP contribution in [0.5, 0.6) is 0 Å². The van der Waals surface area contributed by atoms with Crippen molar-refractivity contribution >= 4 is 7.85 Å². The van der Waals surface area contributed by atoms with Gasteiger partial charge >= 0.3 is 0 Å². The smallest absolute Gasteiger partial charge is 0.101 e. The fourth-order valence-corrected chi connectivity index (χ4v) is 2.81. The highest BCUT2D eigenvalue weighted by Crippen LogP contribution is 2.22. The molecule has 0 aliphatic carbocycles. The fourth-order valence-electron chi connectivity index (χ4n) is 2.81. The Kier molecular flexibility index (Phi) is 4.28. The van der Waals surface area contributed by atoms with E-state index in [1.807, 2.05) is 0 Å². The highest BCUT2D eigenvalue weighted by atomic mass is 15.2. The predicted octanol–water partition coefficient (Wildman–Crippen LogP) is 2.08. The highest BCUT2D eigenvalue weighted by Gasteiger charge is 2.25. The van der Waals surface area contributed by atoms with Gasteiger partial charge in [0.25, 0.3) is 0 Å². The number of benzene rings is 1. The van der Waals surface area contributed by atoms with Crippen molar-refractivity contribution in [2.75, 3.05) is 19.6 Å². The summed E-state index contributed by atoms with van der Waals surface area (Å²) in [5.74, 6) is 0.894. The molecule has 1 nitrogen and oxygen atoms in total. The van der Waals surface area contributed by atoms with Gasteiger partial charge in [0, 0.05) is 13.1 Å². The molecule has 17 heavy (non-hydrogen) atoms. The number of rotatable bonds is 5. The third-order valence-corrected chi connectivity index (χ3v) is 3.93. The van der Waals surface area contributed by atoms with Crippen LogP contribution in [0.15, 0.2) is 18.2 Å². The van der Waals surface area contributed by atoms with Crippen LogP contribution in [0.3, 0.4) is 0 Å². The molecule has 0 unspecified atom stereocenters. The van der Waals surface area contributed by atoms with Gasteiger partial charge in [0.1, 0.15) is 7.85 Å². The van der Waals surface area contributed by atoms with Gasteiger partial charge in [-0.3, -0.25) is 0 Å². The minimum atomic E-state index is 0.894. The second kappa shape index (κ2) is 5.73. The van der Waals surface area contributed by atoms with Crippen molar-refractivity contribution in [3.05, 3.63) is 34.9 Å². The largest absolute Gasteiger partial charge is 0.303 e. The Morgan fingerprint density at radius 2 is 2.12 bits per heavy atom. The first-order chi connectivity index (χ1) is 8.22. The van der Waals surface area contributed by atoms with Gasteiger partial charge in [0.2, 0.25) is 0 Å². The van der Waals surface area contributed by atoms with Crippen molar-refractivity contribution in [3.8, 4) is 0 Å². The van der Waals surface area contributed by atoms with Crippen molar-refractivity contribution in [2.45, 2.75) is 33.0 Å². The lowest BCUT2D eigenvalue weighted by Crippen LogP contribution is -2.47. The normalized spacial score (nSPS) is 17.1. The number of hydrogen-bond donors (Lipinski definition) is 0. The molecule has 0 amide bonds. The Hall–Kier alpha value is -0.755. The number of aryl methyl sites for hydroxylation is 2. The second-order valence-electron chi connectivity index (χ2n) is 5.43. The zero-order chi connectivity index (χ0) is 12.3. The van der Waals surface area contributed by atoms with E-state index in [9.17, 15) is 0 Å². The lowest BCUT2D eigenvalue weighted by atomic mass is 9.88. The minimum Gasteiger partial charge on any atom is -0.303 e. The fraction of sp³-hybridized carbons (Fsp3) is 0.600. The van der Waals surface area contributed by atoms with E-state index < -0.39 is 0 Å². The second-order valence-corrected chi connectivity index (χ2v) is 5.43. The predicted molar refractivity (Wildman–Crippen MR) is 77.5 cm³/mol. The lowest BCUT2D eigenvalue weighted by molar-refractivity contribution is 0.108. The molecule has 1 saturated heterocycles. The van der Waals surface area contributed by atoms with Gasteiger partial charge in [0.15, 0.2) is 0 Å². The Morgan fingerprint density at radius 3 is 2.71 bits per heavy atom. The summed E-state index contributed by atoms with van der Waals surface area (Å²) in [7, 11) is 2.25. The summed E-state index contributed by atoms with van der Waals surface area (Å²) in [4.78, 5) is 2.52. The first-order valence-corrected chi connectivity index (χ1v) is 7.03. The van der Waals surface area contributed by atoms with Crippen LogP contribution in [0.2, 0.25) is 6.32 Å². The van der Waals surface area contributed by atoms with Crippen molar-refractivity contribution < 1.29 is 0 Å². The monoisotopic (exact) mass is 229 g/mol. The molecule has 1 aromatic rings. The van der Waals surface area contributed by atoms with Crippen LogP contribution in [0.4, 0.5) is 0 Å². The van der Waals surface area contributed by atoms with Crippen LogP contribution >= 0.6 is 0 Å². The molecule has 0 aromatic heterocycles. The van der Waals surface area contributed by atoms with E-state index in [1.54, 1.807) is 5.56 Å². The third-order valence-electron chi connectivity index (χ3n) is 3.93. The average molecular weight is 229 g/mol. The average Bonchev–Trinajstić information content (AvgIpc) is 2.25. The summed E-state index contributed by atoms with van der Waals surface area (Å²) in [5.41, 5.74) is 4.55. The molecule has 1 aliphatic heterocycles. The molecule has 1 aliphatic rings. The zero-order valence-electron chi connectivity index (χ0n) is 11.5. The van der Waals surface area contributed by atoms with Crippen LogP contribution in [-0.4, -0.2) is 32.4 Å². The number of nitrogens with zero attached hydrogens (tertiary/aromatic N) is 1. The topological polar surface area (TPSA) is 3.24 Å². The Morgan fingerprint density at radius 1 is 1.35 bits per heavy atom. The Balaban J connectivity index is 1.93. The van der Waals surface area contributed by atoms with Gasteiger partial charge < -0.3 is 4.90 Å². The maximum atomic E-state index is 2.52. The minimum absolute atomic E-state index is 0.894. The molecule has 2 rings (SSSR count). The van der Waals surface area contributed by atoms with E-state index in [0.29, 0.717) is 0 Å². The van der Waals surface area contributed by atoms with Gasteiger partial charge in [-0.1, -0.05) is 31.4 Å². The van der Waals surface area contributed by atoms with Crippen molar-refractivity contribution in [3.63, 3.8) is 0 Å². The first kappa shape index (κ1) is 12.7. The summed E-state index contributed by atoms with van der Waals surface area (Å²) in [6.07, 6.45) is 3.73. The molecule has 2 heteroatoms. The molecule has 0 radical (unpaired) electrons. The van der Waals surface area contributed by atoms with E-state index in [2.05, 4.69) is 44.8 Å². The molecule has 1 fully saturated rings. The van der Waals surface area contributed by atoms with E-state index in [1.165, 1.54) is 49.9 Å². The van der Waals surface area contributed by atoms with Gasteiger partial charge in [0.05, 0.1) is 0 Å². The van der Waals surface area contributed by atoms with Gasteiger partial charge in [-0.05, 0) is 48.9 Å². The standard InChI is InChI=1S/C15H24BN/c1-3-17-10-14(11-17)9-15-5-4-13(6-7-16)8-12(15)2/h4-5,8,14H,3,6-7,9-11,16H2,1-2H3. The van der Waals surface area contributed by atoms with Crippen molar-refractivity contribution in [2.24, 2.45) is 5.92 Å². The summed E-state index contributed by atoms with van der Waals surface area (Å²) in [6.45, 7) is 8.33. The Labute approximate surface area is 107 Å². The molecule has 92 valence electrons. The molecule has 0 saturated carbocycles. The van der Waals surface area contributed by atoms with Crippen LogP contribution < -0.4 is 0 Å². The van der Waals surface area contributed by atoms with Crippen LogP contribution in [-0.2, 0) is 12.8 Å². The first-order valence-electron chi connectivity index (χ1n) is 7.03. The van der Waals surface area contributed by atoms with Crippen LogP contribution in [0, 0.1) is 12.8 Å². The van der Waals surface area contributed by atoms with Gasteiger partial charge in [-0.15, -0.1) is 0 Å². The number of likely N-dealkylation sites (tertiary alicyclic amines) is 1. The molecule has 0 bridgehead atoms. The summed E-state index contributed by atoms with van der Waals surface area (Å²) in [5, 5.41) is 0. The van der Waals surface area contributed by atoms with E-state index in [4.69, 9.17) is 0 Å². The molecular formula is C15H24BN. The molecule has 0 spiro atoms. The van der Waals surface area contributed by atoms with Gasteiger partial charge in [-0.2, -0.15) is 0 Å². The molecule has 1 heterocycles. The lowest BCUT2D eigenvalue weighted by Gasteiger charge is -2.38. The molecule has 0 atom stereocenters. The number of hydrogen-bond acceptors (Lipinski definition) is 1. The SMILES string of the molecule is BCCc1ccc(CC2CN(CC)C2)c(C)c1. The maximum absolute atomic E-state index is 2.52. The summed E-state index contributed by atoms with van der Waals surface area (Å²) < 4.78 is 0. The third kappa shape index (κ3) is 3.13. The van der Waals surface area contributed by atoms with Gasteiger partial charge in [-0.25, -0.2) is 0 Å². The van der Waals surface area contributed by atoms with Crippen LogP contribution in [0.1, 0.15) is 23.6 Å².